The summed E-state index contributed by atoms with van der Waals surface area (Å²) in [6.45, 7) is 9.16. The largest absolute Gasteiger partial charge is 0.496 e. The third-order valence-corrected chi connectivity index (χ3v) is 4.01. The van der Waals surface area contributed by atoms with Crippen LogP contribution >= 0.6 is 0 Å². The standard InChI is InChI=1S/C16H26N2O/c1-13(2)15(18-10-8-17-9-11-18)12-14-6-4-5-7-16(14)19-3/h4-7,13,15,17H,8-12H2,1-3H3. The van der Waals surface area contributed by atoms with Crippen LogP contribution in [0.1, 0.15) is 19.4 Å². The topological polar surface area (TPSA) is 24.5 Å². The predicted molar refractivity (Wildman–Crippen MR) is 79.8 cm³/mol. The van der Waals surface area contributed by atoms with E-state index in [0.29, 0.717) is 12.0 Å². The molecule has 0 aliphatic carbocycles. The zero-order valence-corrected chi connectivity index (χ0v) is 12.4. The molecule has 1 aromatic rings. The quantitative estimate of drug-likeness (QED) is 0.880. The fraction of sp³-hybridized carbons (Fsp3) is 0.625. The van der Waals surface area contributed by atoms with Crippen LogP contribution in [0.3, 0.4) is 0 Å². The molecule has 106 valence electrons. The fourth-order valence-electron chi connectivity index (χ4n) is 2.90. The molecule has 0 radical (unpaired) electrons. The number of benzene rings is 1. The minimum atomic E-state index is 0.596. The van der Waals surface area contributed by atoms with E-state index in [1.165, 1.54) is 5.56 Å². The van der Waals surface area contributed by atoms with E-state index < -0.39 is 0 Å². The predicted octanol–water partition coefficient (Wildman–Crippen LogP) is 2.17. The first-order chi connectivity index (χ1) is 9.22. The SMILES string of the molecule is COc1ccccc1CC(C(C)C)N1CCNCC1. The van der Waals surface area contributed by atoms with E-state index in [-0.39, 0.29) is 0 Å². The van der Waals surface area contributed by atoms with E-state index in [1.807, 2.05) is 6.07 Å². The average Bonchev–Trinajstić information content (AvgIpc) is 2.45. The van der Waals surface area contributed by atoms with Crippen molar-refractivity contribution in [3.63, 3.8) is 0 Å². The Morgan fingerprint density at radius 2 is 1.89 bits per heavy atom. The van der Waals surface area contributed by atoms with Gasteiger partial charge in [-0.15, -0.1) is 0 Å². The molecule has 1 fully saturated rings. The van der Waals surface area contributed by atoms with E-state index in [2.05, 4.69) is 42.3 Å². The van der Waals surface area contributed by atoms with Crippen molar-refractivity contribution >= 4 is 0 Å². The molecule has 1 N–H and O–H groups in total. The second-order valence-corrected chi connectivity index (χ2v) is 5.61. The van der Waals surface area contributed by atoms with E-state index in [4.69, 9.17) is 4.74 Å². The number of hydrogen-bond donors (Lipinski definition) is 1. The third-order valence-electron chi connectivity index (χ3n) is 4.01. The van der Waals surface area contributed by atoms with Crippen LogP contribution in [-0.4, -0.2) is 44.2 Å². The highest BCUT2D eigenvalue weighted by Crippen LogP contribution is 2.23. The molecule has 19 heavy (non-hydrogen) atoms. The van der Waals surface area contributed by atoms with Crippen LogP contribution in [0, 0.1) is 5.92 Å². The smallest absolute Gasteiger partial charge is 0.122 e. The van der Waals surface area contributed by atoms with Crippen LogP contribution < -0.4 is 10.1 Å². The minimum Gasteiger partial charge on any atom is -0.496 e. The van der Waals surface area contributed by atoms with Gasteiger partial charge in [0.2, 0.25) is 0 Å². The van der Waals surface area contributed by atoms with Crippen molar-refractivity contribution in [3.05, 3.63) is 29.8 Å². The van der Waals surface area contributed by atoms with E-state index in [0.717, 1.165) is 38.3 Å². The zero-order valence-electron chi connectivity index (χ0n) is 12.4. The summed E-state index contributed by atoms with van der Waals surface area (Å²) in [5.41, 5.74) is 1.32. The first kappa shape index (κ1) is 14.4. The average molecular weight is 262 g/mol. The number of hydrogen-bond acceptors (Lipinski definition) is 3. The van der Waals surface area contributed by atoms with Gasteiger partial charge >= 0.3 is 0 Å². The van der Waals surface area contributed by atoms with Crippen LogP contribution in [0.25, 0.3) is 0 Å². The summed E-state index contributed by atoms with van der Waals surface area (Å²) >= 11 is 0. The van der Waals surface area contributed by atoms with Gasteiger partial charge in [-0.05, 0) is 24.0 Å². The van der Waals surface area contributed by atoms with Crippen LogP contribution in [0.4, 0.5) is 0 Å². The van der Waals surface area contributed by atoms with Crippen LogP contribution in [0.15, 0.2) is 24.3 Å². The lowest BCUT2D eigenvalue weighted by molar-refractivity contribution is 0.135. The fourth-order valence-corrected chi connectivity index (χ4v) is 2.90. The minimum absolute atomic E-state index is 0.596. The van der Waals surface area contributed by atoms with Gasteiger partial charge in [-0.3, -0.25) is 4.90 Å². The molecule has 0 aromatic heterocycles. The first-order valence-electron chi connectivity index (χ1n) is 7.29. The molecule has 1 heterocycles. The Bertz CT molecular complexity index is 386. The maximum atomic E-state index is 5.48. The van der Waals surface area contributed by atoms with Gasteiger partial charge in [-0.2, -0.15) is 0 Å². The highest BCUT2D eigenvalue weighted by molar-refractivity contribution is 5.34. The van der Waals surface area contributed by atoms with Gasteiger partial charge in [-0.25, -0.2) is 0 Å². The van der Waals surface area contributed by atoms with Crippen LogP contribution in [0.2, 0.25) is 0 Å². The normalized spacial score (nSPS) is 18.5. The van der Waals surface area contributed by atoms with Crippen molar-refractivity contribution in [2.75, 3.05) is 33.3 Å². The number of rotatable bonds is 5. The van der Waals surface area contributed by atoms with Gasteiger partial charge in [0.25, 0.3) is 0 Å². The van der Waals surface area contributed by atoms with Crippen molar-refractivity contribution in [1.29, 1.82) is 0 Å². The van der Waals surface area contributed by atoms with Crippen molar-refractivity contribution in [2.45, 2.75) is 26.3 Å². The highest BCUT2D eigenvalue weighted by Gasteiger charge is 2.24. The number of nitrogens with one attached hydrogen (secondary N) is 1. The third kappa shape index (κ3) is 3.71. The molecular formula is C16H26N2O. The van der Waals surface area contributed by atoms with Gasteiger partial charge in [0.05, 0.1) is 7.11 Å². The van der Waals surface area contributed by atoms with Crippen molar-refractivity contribution in [1.82, 2.24) is 10.2 Å². The maximum Gasteiger partial charge on any atom is 0.122 e. The Hall–Kier alpha value is -1.06. The second-order valence-electron chi connectivity index (χ2n) is 5.61. The lowest BCUT2D eigenvalue weighted by Crippen LogP contribution is -2.50. The van der Waals surface area contributed by atoms with Crippen LogP contribution in [-0.2, 0) is 6.42 Å². The van der Waals surface area contributed by atoms with E-state index in [1.54, 1.807) is 7.11 Å². The molecule has 0 saturated carbocycles. The lowest BCUT2D eigenvalue weighted by Gasteiger charge is -2.37. The Balaban J connectivity index is 2.11. The first-order valence-corrected chi connectivity index (χ1v) is 7.29. The van der Waals surface area contributed by atoms with Gasteiger partial charge < -0.3 is 10.1 Å². The zero-order chi connectivity index (χ0) is 13.7. The molecule has 0 amide bonds. The van der Waals surface area contributed by atoms with Gasteiger partial charge in [-0.1, -0.05) is 32.0 Å². The second kappa shape index (κ2) is 6.92. The number of piperazine rings is 1. The molecule has 3 nitrogen and oxygen atoms in total. The summed E-state index contributed by atoms with van der Waals surface area (Å²) in [4.78, 5) is 2.62. The van der Waals surface area contributed by atoms with Crippen molar-refractivity contribution < 1.29 is 4.74 Å². The molecule has 1 unspecified atom stereocenters. The van der Waals surface area contributed by atoms with Crippen molar-refractivity contribution in [2.24, 2.45) is 5.92 Å². The number of methoxy groups -OCH3 is 1. The summed E-state index contributed by atoms with van der Waals surface area (Å²) in [6.07, 6.45) is 1.07. The summed E-state index contributed by atoms with van der Waals surface area (Å²) in [6, 6.07) is 8.99. The van der Waals surface area contributed by atoms with Gasteiger partial charge in [0.15, 0.2) is 0 Å². The van der Waals surface area contributed by atoms with Crippen LogP contribution in [0.5, 0.6) is 5.75 Å². The van der Waals surface area contributed by atoms with E-state index >= 15 is 0 Å². The number of para-hydroxylation sites is 1. The summed E-state index contributed by atoms with van der Waals surface area (Å²) < 4.78 is 5.48. The molecule has 0 spiro atoms. The molecule has 1 atom stereocenters. The Kier molecular flexibility index (Phi) is 5.23. The number of ether oxygens (including phenoxy) is 1. The molecule has 1 aromatic carbocycles. The van der Waals surface area contributed by atoms with Gasteiger partial charge in [0.1, 0.15) is 5.75 Å². The van der Waals surface area contributed by atoms with E-state index in [9.17, 15) is 0 Å². The summed E-state index contributed by atoms with van der Waals surface area (Å²) in [5, 5.41) is 3.43. The molecule has 3 heteroatoms. The summed E-state index contributed by atoms with van der Waals surface area (Å²) in [5.74, 6) is 1.67. The van der Waals surface area contributed by atoms with Crippen molar-refractivity contribution in [3.8, 4) is 5.75 Å². The molecule has 1 aliphatic rings. The Morgan fingerprint density at radius 3 is 2.53 bits per heavy atom. The lowest BCUT2D eigenvalue weighted by atomic mass is 9.94. The molecular weight excluding hydrogens is 236 g/mol. The summed E-state index contributed by atoms with van der Waals surface area (Å²) in [7, 11) is 1.76. The highest BCUT2D eigenvalue weighted by atomic mass is 16.5. The Labute approximate surface area is 116 Å². The van der Waals surface area contributed by atoms with Gasteiger partial charge in [0, 0.05) is 32.2 Å². The monoisotopic (exact) mass is 262 g/mol. The maximum absolute atomic E-state index is 5.48. The molecule has 1 aliphatic heterocycles. The Morgan fingerprint density at radius 1 is 1.21 bits per heavy atom. The molecule has 1 saturated heterocycles. The molecule has 2 rings (SSSR count). The number of nitrogens with zero attached hydrogens (tertiary/aromatic N) is 1. The molecule has 0 bridgehead atoms.